The van der Waals surface area contributed by atoms with Crippen molar-refractivity contribution in [3.05, 3.63) is 134 Å². The first-order chi connectivity index (χ1) is 45.1. The van der Waals surface area contributed by atoms with Gasteiger partial charge in [0, 0.05) is 6.42 Å². The highest BCUT2D eigenvalue weighted by Gasteiger charge is 2.51. The molecule has 0 spiro atoms. The molecule has 9 N–H and O–H groups in total. The Kier molecular flexibility index (Phi) is 55.6. The Morgan fingerprint density at radius 1 is 0.402 bits per heavy atom. The molecular weight excluding hydrogens is 1160 g/mol. The highest BCUT2D eigenvalue weighted by atomic mass is 16.7. The smallest absolute Gasteiger partial charge is 0.220 e. The molecule has 0 aliphatic carbocycles. The lowest BCUT2D eigenvalue weighted by atomic mass is 9.97. The third-order valence-electron chi connectivity index (χ3n) is 16.8. The first kappa shape index (κ1) is 84.2. The normalized spacial score (nSPS) is 23.5. The number of aliphatic hydroxyl groups is 8. The molecule has 14 heteroatoms. The molecule has 526 valence electrons. The fourth-order valence-corrected chi connectivity index (χ4v) is 11.0. The summed E-state index contributed by atoms with van der Waals surface area (Å²) >= 11 is 0. The fourth-order valence-electron chi connectivity index (χ4n) is 11.0. The predicted octanol–water partition coefficient (Wildman–Crippen LogP) is 15.5. The number of carbonyl (C=O) groups is 1. The monoisotopic (exact) mass is 1290 g/mol. The van der Waals surface area contributed by atoms with Crippen molar-refractivity contribution in [3.8, 4) is 0 Å². The van der Waals surface area contributed by atoms with Gasteiger partial charge in [-0.05, 0) is 109 Å². The van der Waals surface area contributed by atoms with E-state index in [2.05, 4.69) is 141 Å². The minimum Gasteiger partial charge on any atom is -0.394 e. The Balaban J connectivity index is 1.69. The van der Waals surface area contributed by atoms with Gasteiger partial charge < -0.3 is 65.1 Å². The largest absolute Gasteiger partial charge is 0.394 e. The van der Waals surface area contributed by atoms with Gasteiger partial charge in [0.05, 0.1) is 32.0 Å². The number of amides is 1. The Morgan fingerprint density at radius 3 is 1.20 bits per heavy atom. The number of carbonyl (C=O) groups excluding carboxylic acids is 1. The minimum atomic E-state index is -1.80. The van der Waals surface area contributed by atoms with Crippen LogP contribution in [0.25, 0.3) is 0 Å². The molecule has 0 saturated carbocycles. The third kappa shape index (κ3) is 44.0. The molecule has 2 heterocycles. The van der Waals surface area contributed by atoms with Gasteiger partial charge in [-0.3, -0.25) is 4.79 Å². The van der Waals surface area contributed by atoms with Crippen molar-refractivity contribution in [3.63, 3.8) is 0 Å². The van der Waals surface area contributed by atoms with Crippen LogP contribution in [0.3, 0.4) is 0 Å². The molecule has 0 aromatic heterocycles. The second-order valence-electron chi connectivity index (χ2n) is 25.0. The molecule has 1 amide bonds. The first-order valence-corrected chi connectivity index (χ1v) is 36.4. The van der Waals surface area contributed by atoms with E-state index in [4.69, 9.17) is 18.9 Å². The van der Waals surface area contributed by atoms with Crippen molar-refractivity contribution in [2.45, 2.75) is 331 Å². The molecule has 2 fully saturated rings. The number of nitrogens with one attached hydrogen (secondary N) is 1. The zero-order valence-electron chi connectivity index (χ0n) is 57.2. The summed E-state index contributed by atoms with van der Waals surface area (Å²) in [6.07, 6.45) is 73.6. The van der Waals surface area contributed by atoms with Gasteiger partial charge in [0.25, 0.3) is 0 Å². The van der Waals surface area contributed by atoms with Crippen LogP contribution in [0.5, 0.6) is 0 Å². The lowest BCUT2D eigenvalue weighted by Gasteiger charge is -2.46. The molecule has 2 rings (SSSR count). The number of unbranched alkanes of at least 4 members (excludes halogenated alkanes) is 25. The highest BCUT2D eigenvalue weighted by molar-refractivity contribution is 5.76. The molecular formula is C78H131NO13. The SMILES string of the molecule is CC/C=C\C/C=C\C/C=C\C/C=C\C/C=C\C/C=C\C/C=C\C/C=C\CCCCCCCCCCCCC(=O)NC(COC1OC(CO)C(OC2OC(CO)C(O)C(O)C2O)C(O)C1O)C(O)/C=C/CC/C=C/CC/C=C/CCCCCCCCCCCCCCC. The van der Waals surface area contributed by atoms with Crippen LogP contribution >= 0.6 is 0 Å². The Labute approximate surface area is 558 Å². The van der Waals surface area contributed by atoms with E-state index in [1.165, 1.54) is 122 Å². The van der Waals surface area contributed by atoms with Crippen molar-refractivity contribution in [2.24, 2.45) is 0 Å². The first-order valence-electron chi connectivity index (χ1n) is 36.4. The summed E-state index contributed by atoms with van der Waals surface area (Å²) in [6, 6.07) is -0.951. The zero-order chi connectivity index (χ0) is 66.6. The maximum atomic E-state index is 13.3. The molecule has 0 bridgehead atoms. The minimum absolute atomic E-state index is 0.256. The molecule has 14 nitrogen and oxygen atoms in total. The number of aliphatic hydroxyl groups excluding tert-OH is 8. The predicted molar refractivity (Wildman–Crippen MR) is 378 cm³/mol. The van der Waals surface area contributed by atoms with Gasteiger partial charge in [-0.25, -0.2) is 0 Å². The van der Waals surface area contributed by atoms with Crippen LogP contribution in [0.1, 0.15) is 258 Å². The van der Waals surface area contributed by atoms with Crippen LogP contribution < -0.4 is 5.32 Å². The zero-order valence-corrected chi connectivity index (χ0v) is 57.2. The fraction of sp³-hybridized carbons (Fsp3) is 0.705. The summed E-state index contributed by atoms with van der Waals surface area (Å²) in [5, 5.41) is 87.5. The highest BCUT2D eigenvalue weighted by Crippen LogP contribution is 2.30. The summed E-state index contributed by atoms with van der Waals surface area (Å²) in [5.41, 5.74) is 0. The molecule has 0 aromatic rings. The van der Waals surface area contributed by atoms with Gasteiger partial charge in [-0.15, -0.1) is 0 Å². The molecule has 0 radical (unpaired) electrons. The van der Waals surface area contributed by atoms with Gasteiger partial charge in [0.15, 0.2) is 12.6 Å². The van der Waals surface area contributed by atoms with Crippen LogP contribution in [0, 0.1) is 0 Å². The molecule has 0 aromatic carbocycles. The van der Waals surface area contributed by atoms with Crippen LogP contribution in [-0.4, -0.2) is 140 Å². The summed E-state index contributed by atoms with van der Waals surface area (Å²) in [5.74, 6) is -0.262. The van der Waals surface area contributed by atoms with Gasteiger partial charge in [-0.2, -0.15) is 0 Å². The summed E-state index contributed by atoms with van der Waals surface area (Å²) < 4.78 is 22.8. The molecule has 2 aliphatic rings. The van der Waals surface area contributed by atoms with Gasteiger partial charge in [0.1, 0.15) is 48.8 Å². The molecule has 2 aliphatic heterocycles. The van der Waals surface area contributed by atoms with Crippen molar-refractivity contribution in [1.82, 2.24) is 5.32 Å². The van der Waals surface area contributed by atoms with Crippen molar-refractivity contribution >= 4 is 5.91 Å². The second-order valence-corrected chi connectivity index (χ2v) is 25.0. The number of hydrogen-bond acceptors (Lipinski definition) is 13. The van der Waals surface area contributed by atoms with E-state index in [0.29, 0.717) is 12.8 Å². The Morgan fingerprint density at radius 2 is 0.761 bits per heavy atom. The third-order valence-corrected chi connectivity index (χ3v) is 16.8. The maximum Gasteiger partial charge on any atom is 0.220 e. The summed E-state index contributed by atoms with van der Waals surface area (Å²) in [7, 11) is 0. The number of allylic oxidation sites excluding steroid dienone is 21. The lowest BCUT2D eigenvalue weighted by Crippen LogP contribution is -2.65. The topological polar surface area (TPSA) is 228 Å². The average molecular weight is 1290 g/mol. The van der Waals surface area contributed by atoms with Crippen molar-refractivity contribution < 1.29 is 64.6 Å². The van der Waals surface area contributed by atoms with Crippen LogP contribution in [0.15, 0.2) is 134 Å². The van der Waals surface area contributed by atoms with E-state index in [1.807, 2.05) is 6.08 Å². The van der Waals surface area contributed by atoms with Crippen LogP contribution in [0.2, 0.25) is 0 Å². The van der Waals surface area contributed by atoms with Gasteiger partial charge in [0.2, 0.25) is 5.91 Å². The van der Waals surface area contributed by atoms with Gasteiger partial charge >= 0.3 is 0 Å². The maximum absolute atomic E-state index is 13.3. The number of hydrogen-bond donors (Lipinski definition) is 9. The van der Waals surface area contributed by atoms with E-state index in [0.717, 1.165) is 103 Å². The quantitative estimate of drug-likeness (QED) is 0.0204. The van der Waals surface area contributed by atoms with E-state index in [9.17, 15) is 45.6 Å². The Bertz CT molecular complexity index is 2060. The van der Waals surface area contributed by atoms with Gasteiger partial charge in [-0.1, -0.05) is 276 Å². The summed E-state index contributed by atoms with van der Waals surface area (Å²) in [4.78, 5) is 13.3. The van der Waals surface area contributed by atoms with E-state index < -0.39 is 86.8 Å². The van der Waals surface area contributed by atoms with Crippen molar-refractivity contribution in [2.75, 3.05) is 19.8 Å². The average Bonchev–Trinajstić information content (AvgIpc) is 0.830. The molecule has 12 unspecified atom stereocenters. The molecule has 2 saturated heterocycles. The molecule has 12 atom stereocenters. The van der Waals surface area contributed by atoms with E-state index >= 15 is 0 Å². The van der Waals surface area contributed by atoms with Crippen LogP contribution in [-0.2, 0) is 23.7 Å². The van der Waals surface area contributed by atoms with E-state index in [1.54, 1.807) is 6.08 Å². The number of rotatable bonds is 58. The Hall–Kier alpha value is -3.87. The van der Waals surface area contributed by atoms with Crippen molar-refractivity contribution in [1.29, 1.82) is 0 Å². The standard InChI is InChI=1S/C78H131NO13/c1-3-5-7-9-11-13-15-17-19-21-23-25-27-28-29-30-31-32-33-34-35-36-37-38-40-42-44-46-48-50-52-54-56-58-60-62-70(83)79-66(65-89-77-75(88)73(86)76(69(64-81)91-77)92-78-74(87)72(85)71(84)68(63-80)90-78)67(82)61-59-57-55-53-51-49-47-45-43-41-39-26-24-22-20-18-16-14-12-10-8-6-4-2/h5,7,11,13,17,19,23,25,28-29,31-32,34-35,37-38,43,45,51,53,59,61,66-69,71-78,80-82,84-88H,3-4,6,8-10,12,14-16,18,20-22,24,26-27,30,33,36,39-42,44,46-50,52,54-58,60,62-65H2,1-2H3,(H,79,83)/b7-5-,13-11-,19-17-,25-23-,29-28-,32-31-,35-34-,38-37-,45-43+,53-51+,61-59+. The lowest BCUT2D eigenvalue weighted by molar-refractivity contribution is -0.359. The summed E-state index contributed by atoms with van der Waals surface area (Å²) in [6.45, 7) is 2.67. The second kappa shape index (κ2) is 60.8. The van der Waals surface area contributed by atoms with Crippen LogP contribution in [0.4, 0.5) is 0 Å². The molecule has 92 heavy (non-hydrogen) atoms. The van der Waals surface area contributed by atoms with E-state index in [-0.39, 0.29) is 18.9 Å². The number of ether oxygens (including phenoxy) is 4.